The monoisotopic (exact) mass is 662 g/mol. The van der Waals surface area contributed by atoms with Gasteiger partial charge in [-0.2, -0.15) is 4.90 Å². The summed E-state index contributed by atoms with van der Waals surface area (Å²) in [6.07, 6.45) is 9.19. The number of hydrogen-bond donors (Lipinski definition) is 2. The van der Waals surface area contributed by atoms with Crippen molar-refractivity contribution in [3.05, 3.63) is 74.3 Å². The summed E-state index contributed by atoms with van der Waals surface area (Å²) < 4.78 is 0.696. The van der Waals surface area contributed by atoms with E-state index in [1.807, 2.05) is 0 Å². The molecule has 4 N–H and O–H groups in total. The maximum absolute atomic E-state index is 5.99. The van der Waals surface area contributed by atoms with Crippen molar-refractivity contribution in [2.45, 2.75) is 14.8 Å². The number of nitrogens with zero attached hydrogens (tertiary/aromatic N) is 6. The molecule has 4 rings (SSSR count). The van der Waals surface area contributed by atoms with E-state index >= 15 is 0 Å². The van der Waals surface area contributed by atoms with Gasteiger partial charge in [-0.1, -0.05) is 64.2 Å². The van der Waals surface area contributed by atoms with Gasteiger partial charge >= 0.3 is 51.4 Å². The molecule has 34 heavy (non-hydrogen) atoms. The third kappa shape index (κ3) is 11.3. The van der Waals surface area contributed by atoms with Crippen LogP contribution in [0.4, 0.5) is 11.6 Å². The van der Waals surface area contributed by atoms with Crippen LogP contribution in [0.5, 0.6) is 0 Å². The van der Waals surface area contributed by atoms with Gasteiger partial charge in [0.15, 0.2) is 0 Å². The fourth-order valence-electron chi connectivity index (χ4n) is 1.72. The summed E-state index contributed by atoms with van der Waals surface area (Å²) in [5.74, 6) is 0.595. The molecule has 0 aliphatic heterocycles. The van der Waals surface area contributed by atoms with Crippen molar-refractivity contribution >= 4 is 98.4 Å². The van der Waals surface area contributed by atoms with Crippen LogP contribution in [0.15, 0.2) is 68.7 Å². The van der Waals surface area contributed by atoms with E-state index in [0.717, 1.165) is 4.90 Å². The number of hydrogen-bond acceptors (Lipinski definition) is 10. The van der Waals surface area contributed by atoms with Crippen molar-refractivity contribution in [1.82, 2.24) is 29.9 Å². The molecule has 4 aromatic heterocycles. The maximum Gasteiger partial charge on any atom is 1.00 e. The van der Waals surface area contributed by atoms with E-state index in [1.54, 1.807) is 30.7 Å². The van der Waals surface area contributed by atoms with E-state index in [0.29, 0.717) is 46.5 Å². The zero-order valence-corrected chi connectivity index (χ0v) is 26.5. The van der Waals surface area contributed by atoms with Gasteiger partial charge < -0.3 is 24.1 Å². The second kappa shape index (κ2) is 16.6. The van der Waals surface area contributed by atoms with Crippen molar-refractivity contribution in [2.24, 2.45) is 0 Å². The predicted octanol–water partition coefficient (Wildman–Crippen LogP) is 3.03. The molecule has 16 heteroatoms. The third-order valence-electron chi connectivity index (χ3n) is 3.16. The van der Waals surface area contributed by atoms with E-state index in [1.165, 1.54) is 30.4 Å². The van der Waals surface area contributed by atoms with E-state index in [2.05, 4.69) is 45.8 Å². The van der Waals surface area contributed by atoms with Gasteiger partial charge in [-0.25, -0.2) is 29.9 Å². The summed E-state index contributed by atoms with van der Waals surface area (Å²) in [6, 6.07) is 3.40. The Morgan fingerprint density at radius 1 is 0.735 bits per heavy atom. The molecule has 0 aliphatic rings. The van der Waals surface area contributed by atoms with Crippen LogP contribution in [0, 0.1) is 0 Å². The molecule has 172 valence electrons. The Kier molecular flexibility index (Phi) is 15.6. The Morgan fingerprint density at radius 3 is 1.76 bits per heavy atom. The summed E-state index contributed by atoms with van der Waals surface area (Å²) in [4.78, 5) is 24.5. The van der Waals surface area contributed by atoms with Gasteiger partial charge in [-0.05, 0) is 22.0 Å². The third-order valence-corrected chi connectivity index (χ3v) is 6.30. The van der Waals surface area contributed by atoms with Crippen LogP contribution in [0.1, 0.15) is 0 Å². The van der Waals surface area contributed by atoms with Gasteiger partial charge in [0.25, 0.3) is 0 Å². The van der Waals surface area contributed by atoms with Gasteiger partial charge in [-0.3, -0.25) is 0 Å². The van der Waals surface area contributed by atoms with E-state index in [4.69, 9.17) is 70.5 Å². The van der Waals surface area contributed by atoms with Crippen LogP contribution >= 0.6 is 74.1 Å². The molecule has 0 radical (unpaired) electrons. The number of nitrogen functional groups attached to an aromatic ring is 2. The number of rotatable bonds is 2. The first-order valence-electron chi connectivity index (χ1n) is 8.42. The summed E-state index contributed by atoms with van der Waals surface area (Å²) in [5.41, 5.74) is 10.9. The molecule has 0 amide bonds. The molecular formula is C18H12BrCl4KN8S2. The topological polar surface area (TPSA) is 129 Å². The zero-order valence-electron chi connectivity index (χ0n) is 17.2. The number of nitrogens with two attached hydrogens (primary N) is 2. The van der Waals surface area contributed by atoms with Crippen molar-refractivity contribution in [3.63, 3.8) is 0 Å². The summed E-state index contributed by atoms with van der Waals surface area (Å²) in [5, 5.41) is 2.24. The second-order valence-electron chi connectivity index (χ2n) is 5.46. The van der Waals surface area contributed by atoms with Crippen molar-refractivity contribution in [3.8, 4) is 0 Å². The first kappa shape index (κ1) is 31.9. The van der Waals surface area contributed by atoms with Crippen LogP contribution in [0.25, 0.3) is 0 Å². The molecule has 8 nitrogen and oxygen atoms in total. The van der Waals surface area contributed by atoms with Gasteiger partial charge in [-0.15, -0.1) is 0 Å². The number of aromatic nitrogens is 6. The first-order valence-corrected chi connectivity index (χ1v) is 12.0. The SMILES string of the molecule is Clc1cnc(Br)cn1.Nc1nccc(Sc2cnc(Cl)cn2)c1Cl.Nc1nccc([S-])c1Cl.[K+]. The van der Waals surface area contributed by atoms with E-state index < -0.39 is 0 Å². The largest absolute Gasteiger partial charge is 1.00 e. The Labute approximate surface area is 276 Å². The second-order valence-corrected chi connectivity index (χ2v) is 9.30. The first-order chi connectivity index (χ1) is 15.7. The van der Waals surface area contributed by atoms with E-state index in [9.17, 15) is 0 Å². The number of halogens is 5. The zero-order chi connectivity index (χ0) is 24.4. The molecule has 0 saturated heterocycles. The van der Waals surface area contributed by atoms with Crippen LogP contribution in [-0.2, 0) is 12.6 Å². The molecule has 4 aromatic rings. The minimum atomic E-state index is 0. The number of pyridine rings is 2. The smallest absolute Gasteiger partial charge is 0.778 e. The van der Waals surface area contributed by atoms with Gasteiger partial charge in [0.2, 0.25) is 0 Å². The molecule has 0 bridgehead atoms. The average Bonchev–Trinajstić information content (AvgIpc) is 2.80. The standard InChI is InChI=1S/C9H6Cl2N4S.C5H5ClN2S.C4H2BrClN2.K/c10-6-3-15-7(4-14-6)16-5-1-2-13-9(12)8(5)11;6-4-3(9)1-2-8-5(4)7;5-3-1-8-4(6)2-7-3;/h1-4H,(H2,12,13);1-2H,(H3,7,8,9);1-2H;/q;;;+1/p-1. The molecule has 0 unspecified atom stereocenters. The molecule has 0 fully saturated rings. The average molecular weight is 665 g/mol. The minimum Gasteiger partial charge on any atom is -0.778 e. The predicted molar refractivity (Wildman–Crippen MR) is 139 cm³/mol. The Bertz CT molecular complexity index is 1150. The Morgan fingerprint density at radius 2 is 1.29 bits per heavy atom. The van der Waals surface area contributed by atoms with Crippen LogP contribution in [0.2, 0.25) is 20.4 Å². The molecule has 0 aromatic carbocycles. The summed E-state index contributed by atoms with van der Waals surface area (Å²) in [7, 11) is 0. The van der Waals surface area contributed by atoms with Gasteiger partial charge in [0, 0.05) is 17.3 Å². The van der Waals surface area contributed by atoms with E-state index in [-0.39, 0.29) is 51.4 Å². The van der Waals surface area contributed by atoms with Crippen LogP contribution in [-0.4, -0.2) is 29.9 Å². The quantitative estimate of drug-likeness (QED) is 0.244. The van der Waals surface area contributed by atoms with Gasteiger partial charge in [0.1, 0.15) is 31.6 Å². The van der Waals surface area contributed by atoms with Crippen LogP contribution in [0.3, 0.4) is 0 Å². The van der Waals surface area contributed by atoms with Crippen molar-refractivity contribution in [1.29, 1.82) is 0 Å². The van der Waals surface area contributed by atoms with Crippen LogP contribution < -0.4 is 62.9 Å². The molecular weight excluding hydrogens is 653 g/mol. The fraction of sp³-hybridized carbons (Fsp3) is 0. The molecule has 0 atom stereocenters. The Hall–Kier alpha value is -0.0936. The number of anilines is 2. The van der Waals surface area contributed by atoms with Crippen molar-refractivity contribution < 1.29 is 51.4 Å². The molecule has 0 spiro atoms. The minimum absolute atomic E-state index is 0. The molecule has 0 saturated carbocycles. The van der Waals surface area contributed by atoms with Gasteiger partial charge in [0.05, 0.1) is 34.8 Å². The molecule has 0 aliphatic carbocycles. The molecule has 4 heterocycles. The Balaban J connectivity index is 0.000000274. The summed E-state index contributed by atoms with van der Waals surface area (Å²) >= 11 is 31.9. The summed E-state index contributed by atoms with van der Waals surface area (Å²) in [6.45, 7) is 0. The fourth-order valence-corrected chi connectivity index (χ4v) is 3.39. The van der Waals surface area contributed by atoms with Crippen molar-refractivity contribution in [2.75, 3.05) is 11.5 Å². The maximum atomic E-state index is 5.99. The normalized spacial score (nSPS) is 9.56.